The largest absolute Gasteiger partial charge is 0.446 e. The number of aromatic nitrogens is 1. The Labute approximate surface area is 61.3 Å². The molecule has 0 unspecified atom stereocenters. The van der Waals surface area contributed by atoms with Gasteiger partial charge in [-0.2, -0.15) is 0 Å². The molecule has 10 heavy (non-hydrogen) atoms. The molecule has 0 amide bonds. The van der Waals surface area contributed by atoms with E-state index in [-0.39, 0.29) is 0 Å². The van der Waals surface area contributed by atoms with E-state index in [1.165, 1.54) is 0 Å². The van der Waals surface area contributed by atoms with E-state index in [2.05, 4.69) is 11.9 Å². The van der Waals surface area contributed by atoms with E-state index < -0.39 is 0 Å². The Kier molecular flexibility index (Phi) is 2.49. The molecule has 0 atom stereocenters. The van der Waals surface area contributed by atoms with Gasteiger partial charge in [0.25, 0.3) is 0 Å². The molecule has 1 rings (SSSR count). The molecule has 1 aromatic heterocycles. The van der Waals surface area contributed by atoms with E-state index in [1.807, 2.05) is 13.1 Å². The van der Waals surface area contributed by atoms with Crippen LogP contribution in [0, 0.1) is 0 Å². The Hall–Kier alpha value is -0.790. The second kappa shape index (κ2) is 3.40. The number of oxazole rings is 1. The minimum Gasteiger partial charge on any atom is -0.446 e. The molecule has 0 aliphatic carbocycles. The van der Waals surface area contributed by atoms with Gasteiger partial charge >= 0.3 is 0 Å². The maximum absolute atomic E-state index is 5.36. The zero-order chi connectivity index (χ0) is 7.40. The van der Waals surface area contributed by atoms with Crippen molar-refractivity contribution in [2.24, 2.45) is 0 Å². The van der Waals surface area contributed by atoms with Crippen molar-refractivity contribution >= 4 is 0 Å². The third-order valence-corrected chi connectivity index (χ3v) is 1.40. The van der Waals surface area contributed by atoms with Crippen LogP contribution in [-0.2, 0) is 12.8 Å². The first-order valence-electron chi connectivity index (χ1n) is 3.80. The van der Waals surface area contributed by atoms with Crippen molar-refractivity contribution in [3.63, 3.8) is 0 Å². The summed E-state index contributed by atoms with van der Waals surface area (Å²) in [4.78, 5) is 4.09. The van der Waals surface area contributed by atoms with Gasteiger partial charge in [0.2, 0.25) is 0 Å². The maximum Gasteiger partial charge on any atom is 0.194 e. The van der Waals surface area contributed by atoms with Crippen molar-refractivity contribution in [2.75, 3.05) is 0 Å². The smallest absolute Gasteiger partial charge is 0.194 e. The summed E-state index contributed by atoms with van der Waals surface area (Å²) in [7, 11) is 0. The molecule has 0 N–H and O–H groups in total. The minimum absolute atomic E-state index is 0.850. The fourth-order valence-electron chi connectivity index (χ4n) is 0.873. The molecule has 56 valence electrons. The number of hydrogen-bond acceptors (Lipinski definition) is 2. The van der Waals surface area contributed by atoms with E-state index in [1.54, 1.807) is 0 Å². The van der Waals surface area contributed by atoms with Crippen molar-refractivity contribution in [1.82, 2.24) is 4.98 Å². The summed E-state index contributed by atoms with van der Waals surface area (Å²) in [6, 6.07) is 0. The van der Waals surface area contributed by atoms with Crippen molar-refractivity contribution in [2.45, 2.75) is 33.1 Å². The number of rotatable bonds is 3. The van der Waals surface area contributed by atoms with Crippen molar-refractivity contribution in [1.29, 1.82) is 0 Å². The molecule has 0 aliphatic rings. The van der Waals surface area contributed by atoms with Gasteiger partial charge in [0, 0.05) is 12.8 Å². The molecule has 2 heteroatoms. The van der Waals surface area contributed by atoms with E-state index in [9.17, 15) is 0 Å². The molecule has 0 bridgehead atoms. The van der Waals surface area contributed by atoms with Crippen LogP contribution in [0.1, 0.15) is 31.9 Å². The van der Waals surface area contributed by atoms with E-state index in [0.717, 1.165) is 30.9 Å². The summed E-state index contributed by atoms with van der Waals surface area (Å²) < 4.78 is 5.36. The molecule has 1 heterocycles. The fraction of sp³-hybridized carbons (Fsp3) is 0.625. The van der Waals surface area contributed by atoms with Crippen LogP contribution in [0.4, 0.5) is 0 Å². The Morgan fingerprint density at radius 3 is 2.80 bits per heavy atom. The van der Waals surface area contributed by atoms with Crippen LogP contribution in [0.2, 0.25) is 0 Å². The molecular weight excluding hydrogens is 126 g/mol. The van der Waals surface area contributed by atoms with Gasteiger partial charge in [-0.05, 0) is 6.42 Å². The van der Waals surface area contributed by atoms with Crippen molar-refractivity contribution in [3.8, 4) is 0 Å². The lowest BCUT2D eigenvalue weighted by molar-refractivity contribution is 0.457. The predicted molar refractivity (Wildman–Crippen MR) is 39.9 cm³/mol. The van der Waals surface area contributed by atoms with Gasteiger partial charge in [-0.25, -0.2) is 4.98 Å². The van der Waals surface area contributed by atoms with Crippen LogP contribution >= 0.6 is 0 Å². The lowest BCUT2D eigenvalue weighted by Crippen LogP contribution is -1.76. The zero-order valence-corrected chi connectivity index (χ0v) is 6.55. The van der Waals surface area contributed by atoms with E-state index in [4.69, 9.17) is 4.42 Å². The quantitative estimate of drug-likeness (QED) is 0.641. The number of aryl methyl sites for hydroxylation is 2. The second-order valence-electron chi connectivity index (χ2n) is 2.32. The molecule has 0 spiro atoms. The minimum atomic E-state index is 0.850. The third kappa shape index (κ3) is 1.59. The van der Waals surface area contributed by atoms with E-state index >= 15 is 0 Å². The SMILES string of the molecule is CCCc1cnc(CC)o1. The van der Waals surface area contributed by atoms with Crippen LogP contribution in [0.3, 0.4) is 0 Å². The Bertz CT molecular complexity index is 193. The molecule has 0 saturated carbocycles. The lowest BCUT2D eigenvalue weighted by Gasteiger charge is -1.87. The van der Waals surface area contributed by atoms with Gasteiger partial charge in [-0.15, -0.1) is 0 Å². The first kappa shape index (κ1) is 7.32. The van der Waals surface area contributed by atoms with E-state index in [0.29, 0.717) is 0 Å². The van der Waals surface area contributed by atoms with Crippen LogP contribution in [-0.4, -0.2) is 4.98 Å². The monoisotopic (exact) mass is 139 g/mol. The zero-order valence-electron chi connectivity index (χ0n) is 6.55. The Morgan fingerprint density at radius 1 is 1.50 bits per heavy atom. The van der Waals surface area contributed by atoms with Crippen LogP contribution in [0.5, 0.6) is 0 Å². The molecule has 0 aliphatic heterocycles. The van der Waals surface area contributed by atoms with Gasteiger partial charge in [-0.1, -0.05) is 13.8 Å². The Balaban J connectivity index is 2.59. The van der Waals surface area contributed by atoms with Crippen LogP contribution in [0.25, 0.3) is 0 Å². The second-order valence-corrected chi connectivity index (χ2v) is 2.32. The number of nitrogens with zero attached hydrogens (tertiary/aromatic N) is 1. The normalized spacial score (nSPS) is 10.2. The molecule has 0 radical (unpaired) electrons. The highest BCUT2D eigenvalue weighted by Gasteiger charge is 1.98. The highest BCUT2D eigenvalue weighted by atomic mass is 16.4. The maximum atomic E-state index is 5.36. The first-order chi connectivity index (χ1) is 4.86. The van der Waals surface area contributed by atoms with Gasteiger partial charge in [0.05, 0.1) is 6.20 Å². The molecule has 1 aromatic rings. The molecule has 0 fully saturated rings. The van der Waals surface area contributed by atoms with Crippen molar-refractivity contribution < 1.29 is 4.42 Å². The summed E-state index contributed by atoms with van der Waals surface area (Å²) in [6.45, 7) is 4.18. The average Bonchev–Trinajstić information content (AvgIpc) is 2.37. The highest BCUT2D eigenvalue weighted by molar-refractivity contribution is 4.93. The topological polar surface area (TPSA) is 26.0 Å². The predicted octanol–water partition coefficient (Wildman–Crippen LogP) is 2.19. The van der Waals surface area contributed by atoms with Crippen LogP contribution < -0.4 is 0 Å². The van der Waals surface area contributed by atoms with Gasteiger partial charge in [-0.3, -0.25) is 0 Å². The third-order valence-electron chi connectivity index (χ3n) is 1.40. The molecule has 0 aromatic carbocycles. The first-order valence-corrected chi connectivity index (χ1v) is 3.80. The summed E-state index contributed by atoms with van der Waals surface area (Å²) in [5.41, 5.74) is 0. The lowest BCUT2D eigenvalue weighted by atomic mass is 10.3. The fourth-order valence-corrected chi connectivity index (χ4v) is 0.873. The van der Waals surface area contributed by atoms with Gasteiger partial charge < -0.3 is 4.42 Å². The summed E-state index contributed by atoms with van der Waals surface area (Å²) in [6.07, 6.45) is 4.84. The van der Waals surface area contributed by atoms with Gasteiger partial charge in [0.15, 0.2) is 5.89 Å². The number of hydrogen-bond donors (Lipinski definition) is 0. The van der Waals surface area contributed by atoms with Crippen molar-refractivity contribution in [3.05, 3.63) is 17.8 Å². The summed E-state index contributed by atoms with van der Waals surface area (Å²) in [5, 5.41) is 0. The Morgan fingerprint density at radius 2 is 2.30 bits per heavy atom. The standard InChI is InChI=1S/C8H13NO/c1-3-5-7-6-9-8(4-2)10-7/h6H,3-5H2,1-2H3. The van der Waals surface area contributed by atoms with Crippen LogP contribution in [0.15, 0.2) is 10.6 Å². The molecule has 2 nitrogen and oxygen atoms in total. The molecule has 0 saturated heterocycles. The molecular formula is C8H13NO. The van der Waals surface area contributed by atoms with Gasteiger partial charge in [0.1, 0.15) is 5.76 Å². The average molecular weight is 139 g/mol. The summed E-state index contributed by atoms with van der Waals surface area (Å²) >= 11 is 0. The summed E-state index contributed by atoms with van der Waals surface area (Å²) in [5.74, 6) is 1.86. The highest BCUT2D eigenvalue weighted by Crippen LogP contribution is 2.05.